The summed E-state index contributed by atoms with van der Waals surface area (Å²) in [4.78, 5) is 22.1. The van der Waals surface area contributed by atoms with Crippen molar-refractivity contribution in [2.24, 2.45) is 5.92 Å². The summed E-state index contributed by atoms with van der Waals surface area (Å²) in [6.45, 7) is 0.511. The molecule has 1 aliphatic carbocycles. The zero-order valence-corrected chi connectivity index (χ0v) is 6.80. The van der Waals surface area contributed by atoms with Gasteiger partial charge in [-0.3, -0.25) is 9.59 Å². The van der Waals surface area contributed by atoms with E-state index < -0.39 is 0 Å². The molecular formula is C8H12N2O2. The quantitative estimate of drug-likeness (QED) is 0.578. The number of rotatable bonds is 2. The van der Waals surface area contributed by atoms with Crippen LogP contribution in [0.1, 0.15) is 19.3 Å². The Morgan fingerprint density at radius 2 is 2.25 bits per heavy atom. The van der Waals surface area contributed by atoms with Crippen LogP contribution in [0.4, 0.5) is 0 Å². The van der Waals surface area contributed by atoms with Gasteiger partial charge in [0.15, 0.2) is 0 Å². The maximum absolute atomic E-state index is 11.3. The lowest BCUT2D eigenvalue weighted by molar-refractivity contribution is -0.126. The van der Waals surface area contributed by atoms with Gasteiger partial charge in [-0.15, -0.1) is 0 Å². The van der Waals surface area contributed by atoms with Crippen LogP contribution in [0.3, 0.4) is 0 Å². The van der Waals surface area contributed by atoms with Crippen molar-refractivity contribution >= 4 is 11.8 Å². The van der Waals surface area contributed by atoms with Crippen molar-refractivity contribution < 1.29 is 9.59 Å². The lowest BCUT2D eigenvalue weighted by atomic mass is 10.1. The van der Waals surface area contributed by atoms with Gasteiger partial charge in [0, 0.05) is 19.0 Å². The van der Waals surface area contributed by atoms with Gasteiger partial charge >= 0.3 is 0 Å². The van der Waals surface area contributed by atoms with Gasteiger partial charge in [-0.25, -0.2) is 0 Å². The van der Waals surface area contributed by atoms with Crippen LogP contribution in [0.2, 0.25) is 0 Å². The van der Waals surface area contributed by atoms with E-state index in [1.165, 1.54) is 0 Å². The third-order valence-electron chi connectivity index (χ3n) is 2.27. The van der Waals surface area contributed by atoms with Crippen molar-refractivity contribution in [3.8, 4) is 0 Å². The van der Waals surface area contributed by atoms with Crippen LogP contribution >= 0.6 is 0 Å². The lowest BCUT2D eigenvalue weighted by Crippen LogP contribution is -2.33. The molecule has 0 bridgehead atoms. The van der Waals surface area contributed by atoms with Crippen LogP contribution in [0.25, 0.3) is 0 Å². The summed E-state index contributed by atoms with van der Waals surface area (Å²) in [5.74, 6) is -0.0973. The molecule has 1 heterocycles. The average molecular weight is 168 g/mol. The average Bonchev–Trinajstić information content (AvgIpc) is 2.72. The topological polar surface area (TPSA) is 58.2 Å². The SMILES string of the molecule is O=C1CC(C(=O)NC2CC2)CN1. The number of carbonyl (C=O) groups is 2. The van der Waals surface area contributed by atoms with Gasteiger partial charge in [0.2, 0.25) is 11.8 Å². The van der Waals surface area contributed by atoms with Crippen LogP contribution in [-0.4, -0.2) is 24.4 Å². The molecule has 2 N–H and O–H groups in total. The molecule has 1 unspecified atom stereocenters. The van der Waals surface area contributed by atoms with Gasteiger partial charge in [0.25, 0.3) is 0 Å². The van der Waals surface area contributed by atoms with Gasteiger partial charge in [0.05, 0.1) is 5.92 Å². The summed E-state index contributed by atoms with van der Waals surface area (Å²) in [7, 11) is 0. The molecular weight excluding hydrogens is 156 g/mol. The third kappa shape index (κ3) is 1.57. The maximum Gasteiger partial charge on any atom is 0.225 e. The molecule has 12 heavy (non-hydrogen) atoms. The summed E-state index contributed by atoms with van der Waals surface area (Å²) < 4.78 is 0. The highest BCUT2D eigenvalue weighted by molar-refractivity contribution is 5.89. The Balaban J connectivity index is 1.82. The van der Waals surface area contributed by atoms with Gasteiger partial charge in [-0.1, -0.05) is 0 Å². The number of nitrogens with one attached hydrogen (secondary N) is 2. The zero-order valence-electron chi connectivity index (χ0n) is 6.80. The van der Waals surface area contributed by atoms with E-state index in [4.69, 9.17) is 0 Å². The first-order valence-electron chi connectivity index (χ1n) is 4.33. The third-order valence-corrected chi connectivity index (χ3v) is 2.27. The minimum Gasteiger partial charge on any atom is -0.355 e. The van der Waals surface area contributed by atoms with Gasteiger partial charge < -0.3 is 10.6 Å². The van der Waals surface area contributed by atoms with Crippen LogP contribution in [0.5, 0.6) is 0 Å². The molecule has 4 nitrogen and oxygen atoms in total. The number of carbonyl (C=O) groups excluding carboxylic acids is 2. The molecule has 0 spiro atoms. The largest absolute Gasteiger partial charge is 0.355 e. The highest BCUT2D eigenvalue weighted by atomic mass is 16.2. The normalized spacial score (nSPS) is 28.3. The predicted octanol–water partition coefficient (Wildman–Crippen LogP) is -0.599. The molecule has 2 amide bonds. The zero-order chi connectivity index (χ0) is 8.55. The highest BCUT2D eigenvalue weighted by Gasteiger charge is 2.31. The van der Waals surface area contributed by atoms with Crippen LogP contribution in [0.15, 0.2) is 0 Å². The molecule has 1 saturated carbocycles. The fourth-order valence-electron chi connectivity index (χ4n) is 1.34. The van der Waals surface area contributed by atoms with Crippen molar-refractivity contribution in [3.05, 3.63) is 0 Å². The minimum absolute atomic E-state index is 0.00838. The summed E-state index contributed by atoms with van der Waals surface area (Å²) in [5.41, 5.74) is 0. The summed E-state index contributed by atoms with van der Waals surface area (Å²) in [6.07, 6.45) is 2.55. The molecule has 0 aromatic carbocycles. The Morgan fingerprint density at radius 3 is 2.75 bits per heavy atom. The number of hydrogen-bond acceptors (Lipinski definition) is 2. The summed E-state index contributed by atoms with van der Waals surface area (Å²) in [5, 5.41) is 5.53. The smallest absolute Gasteiger partial charge is 0.225 e. The molecule has 0 aromatic rings. The monoisotopic (exact) mass is 168 g/mol. The van der Waals surface area contributed by atoms with E-state index in [0.29, 0.717) is 19.0 Å². The molecule has 1 atom stereocenters. The molecule has 1 aliphatic heterocycles. The Hall–Kier alpha value is -1.06. The van der Waals surface area contributed by atoms with Gasteiger partial charge in [-0.2, -0.15) is 0 Å². The van der Waals surface area contributed by atoms with E-state index in [1.807, 2.05) is 0 Å². The van der Waals surface area contributed by atoms with Crippen LogP contribution < -0.4 is 10.6 Å². The van der Waals surface area contributed by atoms with E-state index in [9.17, 15) is 9.59 Å². The fourth-order valence-corrected chi connectivity index (χ4v) is 1.34. The lowest BCUT2D eigenvalue weighted by Gasteiger charge is -2.06. The van der Waals surface area contributed by atoms with E-state index in [1.54, 1.807) is 0 Å². The molecule has 2 aliphatic rings. The second-order valence-corrected chi connectivity index (χ2v) is 3.49. The highest BCUT2D eigenvalue weighted by Crippen LogP contribution is 2.20. The van der Waals surface area contributed by atoms with E-state index in [-0.39, 0.29) is 17.7 Å². The molecule has 2 rings (SSSR count). The molecule has 1 saturated heterocycles. The number of amides is 2. The first-order chi connectivity index (χ1) is 5.75. The van der Waals surface area contributed by atoms with Gasteiger partial charge in [-0.05, 0) is 12.8 Å². The van der Waals surface area contributed by atoms with Crippen LogP contribution in [-0.2, 0) is 9.59 Å². The Bertz CT molecular complexity index is 223. The van der Waals surface area contributed by atoms with Crippen molar-refractivity contribution in [2.45, 2.75) is 25.3 Å². The van der Waals surface area contributed by atoms with Crippen molar-refractivity contribution in [3.63, 3.8) is 0 Å². The standard InChI is InChI=1S/C8H12N2O2/c11-7-3-5(4-9-7)8(12)10-6-1-2-6/h5-6H,1-4H2,(H,9,11)(H,10,12). The second-order valence-electron chi connectivity index (χ2n) is 3.49. The molecule has 0 aromatic heterocycles. The van der Waals surface area contributed by atoms with Gasteiger partial charge in [0.1, 0.15) is 0 Å². The second kappa shape index (κ2) is 2.77. The van der Waals surface area contributed by atoms with E-state index >= 15 is 0 Å². The maximum atomic E-state index is 11.3. The Kier molecular flexibility index (Phi) is 1.75. The minimum atomic E-state index is -0.127. The summed E-state index contributed by atoms with van der Waals surface area (Å²) >= 11 is 0. The molecule has 0 radical (unpaired) electrons. The first-order valence-corrected chi connectivity index (χ1v) is 4.33. The van der Waals surface area contributed by atoms with E-state index in [0.717, 1.165) is 12.8 Å². The fraction of sp³-hybridized carbons (Fsp3) is 0.750. The molecule has 66 valence electrons. The van der Waals surface area contributed by atoms with Crippen molar-refractivity contribution in [2.75, 3.05) is 6.54 Å². The first kappa shape index (κ1) is 7.58. The summed E-state index contributed by atoms with van der Waals surface area (Å²) in [6, 6.07) is 0.396. The van der Waals surface area contributed by atoms with Crippen LogP contribution in [0, 0.1) is 5.92 Å². The Labute approximate surface area is 70.7 Å². The predicted molar refractivity (Wildman–Crippen MR) is 42.3 cm³/mol. The number of hydrogen-bond donors (Lipinski definition) is 2. The van der Waals surface area contributed by atoms with Crippen molar-refractivity contribution in [1.29, 1.82) is 0 Å². The van der Waals surface area contributed by atoms with Crippen molar-refractivity contribution in [1.82, 2.24) is 10.6 Å². The molecule has 4 heteroatoms. The van der Waals surface area contributed by atoms with E-state index in [2.05, 4.69) is 10.6 Å². The molecule has 2 fully saturated rings. The Morgan fingerprint density at radius 1 is 1.50 bits per heavy atom.